The van der Waals surface area contributed by atoms with E-state index in [-0.39, 0.29) is 5.57 Å². The highest BCUT2D eigenvalue weighted by atomic mass is 16.1. The Bertz CT molecular complexity index is 785. The summed E-state index contributed by atoms with van der Waals surface area (Å²) in [5.74, 6) is -0.410. The number of nitrogens with zero attached hydrogens (tertiary/aromatic N) is 2. The van der Waals surface area contributed by atoms with Gasteiger partial charge in [-0.15, -0.1) is 0 Å². The minimum Gasteiger partial charge on any atom is -0.347 e. The van der Waals surface area contributed by atoms with Gasteiger partial charge in [0.1, 0.15) is 11.6 Å². The van der Waals surface area contributed by atoms with E-state index in [2.05, 4.69) is 5.32 Å². The van der Waals surface area contributed by atoms with Gasteiger partial charge in [0.15, 0.2) is 0 Å². The summed E-state index contributed by atoms with van der Waals surface area (Å²) in [6, 6.07) is 17.4. The van der Waals surface area contributed by atoms with E-state index in [4.69, 9.17) is 0 Å². The van der Waals surface area contributed by atoms with Gasteiger partial charge in [-0.1, -0.05) is 29.8 Å². The molecule has 0 radical (unpaired) electrons. The minimum atomic E-state index is -0.410. The molecule has 0 fully saturated rings. The first-order chi connectivity index (χ1) is 11.5. The van der Waals surface area contributed by atoms with Crippen molar-refractivity contribution in [3.8, 4) is 6.07 Å². The summed E-state index contributed by atoms with van der Waals surface area (Å²) in [5.41, 5.74) is 3.93. The van der Waals surface area contributed by atoms with E-state index < -0.39 is 5.91 Å². The second-order valence-electron chi connectivity index (χ2n) is 5.60. The van der Waals surface area contributed by atoms with Crippen LogP contribution in [0.1, 0.15) is 18.1 Å². The van der Waals surface area contributed by atoms with Crippen LogP contribution in [0, 0.1) is 25.2 Å². The van der Waals surface area contributed by atoms with Crippen LogP contribution in [0.25, 0.3) is 0 Å². The number of hydrogen-bond acceptors (Lipinski definition) is 3. The second-order valence-corrected chi connectivity index (χ2v) is 5.60. The van der Waals surface area contributed by atoms with Crippen LogP contribution in [-0.2, 0) is 4.79 Å². The smallest absolute Gasteiger partial charge is 0.267 e. The number of aryl methyl sites for hydroxylation is 2. The van der Waals surface area contributed by atoms with E-state index in [9.17, 15) is 10.1 Å². The van der Waals surface area contributed by atoms with E-state index in [1.807, 2.05) is 80.3 Å². The number of rotatable bonds is 5. The molecule has 0 spiro atoms. The maximum atomic E-state index is 12.3. The van der Waals surface area contributed by atoms with Crippen molar-refractivity contribution in [2.24, 2.45) is 0 Å². The molecule has 4 nitrogen and oxygen atoms in total. The predicted octanol–water partition coefficient (Wildman–Crippen LogP) is 4.18. The Kier molecular flexibility index (Phi) is 5.75. The fourth-order valence-corrected chi connectivity index (χ4v) is 2.28. The maximum Gasteiger partial charge on any atom is 0.267 e. The number of hydrogen-bond donors (Lipinski definition) is 1. The molecule has 4 heteroatoms. The van der Waals surface area contributed by atoms with Crippen LogP contribution in [0.4, 0.5) is 11.4 Å². The Labute approximate surface area is 143 Å². The van der Waals surface area contributed by atoms with Crippen LogP contribution in [0.15, 0.2) is 60.3 Å². The number of nitriles is 1. The predicted molar refractivity (Wildman–Crippen MR) is 97.7 cm³/mol. The fourth-order valence-electron chi connectivity index (χ4n) is 2.28. The molecule has 122 valence electrons. The molecule has 0 heterocycles. The van der Waals surface area contributed by atoms with Gasteiger partial charge in [0.05, 0.1) is 0 Å². The molecule has 1 N–H and O–H groups in total. The molecule has 24 heavy (non-hydrogen) atoms. The first kappa shape index (κ1) is 17.3. The van der Waals surface area contributed by atoms with E-state index in [0.717, 1.165) is 16.8 Å². The van der Waals surface area contributed by atoms with Crippen LogP contribution >= 0.6 is 0 Å². The molecule has 1 amide bonds. The summed E-state index contributed by atoms with van der Waals surface area (Å²) in [5, 5.41) is 12.1. The molecule has 0 unspecified atom stereocenters. The monoisotopic (exact) mass is 319 g/mol. The Morgan fingerprint density at radius 3 is 2.46 bits per heavy atom. The fraction of sp³-hybridized carbons (Fsp3) is 0.200. The average molecular weight is 319 g/mol. The summed E-state index contributed by atoms with van der Waals surface area (Å²) in [6.07, 6.45) is 1.60. The zero-order valence-electron chi connectivity index (χ0n) is 14.2. The molecule has 2 aromatic carbocycles. The van der Waals surface area contributed by atoms with Gasteiger partial charge < -0.3 is 10.2 Å². The van der Waals surface area contributed by atoms with E-state index in [1.165, 1.54) is 0 Å². The molecule has 0 aliphatic rings. The molecule has 0 aliphatic carbocycles. The van der Waals surface area contributed by atoms with Gasteiger partial charge in [0, 0.05) is 24.1 Å². The van der Waals surface area contributed by atoms with Crippen molar-refractivity contribution < 1.29 is 4.79 Å². The highest BCUT2D eigenvalue weighted by Gasteiger charge is 2.12. The van der Waals surface area contributed by atoms with Gasteiger partial charge >= 0.3 is 0 Å². The van der Waals surface area contributed by atoms with E-state index >= 15 is 0 Å². The second kappa shape index (κ2) is 7.98. The Hall–Kier alpha value is -3.06. The molecular formula is C20H21N3O. The lowest BCUT2D eigenvalue weighted by molar-refractivity contribution is -0.112. The number of amides is 1. The van der Waals surface area contributed by atoms with Crippen molar-refractivity contribution in [3.63, 3.8) is 0 Å². The van der Waals surface area contributed by atoms with Crippen LogP contribution in [-0.4, -0.2) is 12.5 Å². The minimum absolute atomic E-state index is 0.0685. The van der Waals surface area contributed by atoms with Crippen LogP contribution in [0.3, 0.4) is 0 Å². The van der Waals surface area contributed by atoms with Crippen molar-refractivity contribution in [1.82, 2.24) is 0 Å². The molecule has 2 rings (SSSR count). The van der Waals surface area contributed by atoms with Crippen molar-refractivity contribution in [2.75, 3.05) is 16.8 Å². The lowest BCUT2D eigenvalue weighted by Gasteiger charge is -2.19. The van der Waals surface area contributed by atoms with Gasteiger partial charge in [-0.3, -0.25) is 4.79 Å². The molecule has 0 atom stereocenters. The molecule has 2 aromatic rings. The van der Waals surface area contributed by atoms with Crippen molar-refractivity contribution in [1.29, 1.82) is 5.26 Å². The molecule has 0 bridgehead atoms. The molecule has 0 saturated carbocycles. The number of nitrogens with one attached hydrogen (secondary N) is 1. The third-order valence-electron chi connectivity index (χ3n) is 3.63. The normalized spacial score (nSPS) is 10.8. The molecule has 0 aliphatic heterocycles. The number of carbonyl (C=O) groups excluding carboxylic acids is 1. The van der Waals surface area contributed by atoms with E-state index in [1.54, 1.807) is 6.20 Å². The van der Waals surface area contributed by atoms with Crippen LogP contribution in [0.5, 0.6) is 0 Å². The summed E-state index contributed by atoms with van der Waals surface area (Å²) in [4.78, 5) is 14.2. The zero-order valence-corrected chi connectivity index (χ0v) is 14.2. The zero-order chi connectivity index (χ0) is 17.5. The number of carbonyl (C=O) groups is 1. The summed E-state index contributed by atoms with van der Waals surface area (Å²) in [6.45, 7) is 6.63. The SMILES string of the molecule is CCN(/C=C(/C#N)C(=O)Nc1ccc(C)cc1)c1cccc(C)c1. The topological polar surface area (TPSA) is 56.1 Å². The third kappa shape index (κ3) is 4.47. The van der Waals surface area contributed by atoms with Gasteiger partial charge in [-0.05, 0) is 50.6 Å². The van der Waals surface area contributed by atoms with Gasteiger partial charge in [0.25, 0.3) is 5.91 Å². The first-order valence-corrected chi connectivity index (χ1v) is 7.86. The summed E-state index contributed by atoms with van der Waals surface area (Å²) >= 11 is 0. The Morgan fingerprint density at radius 2 is 1.88 bits per heavy atom. The van der Waals surface area contributed by atoms with Crippen LogP contribution in [0.2, 0.25) is 0 Å². The van der Waals surface area contributed by atoms with Gasteiger partial charge in [-0.2, -0.15) is 5.26 Å². The quantitative estimate of drug-likeness (QED) is 0.664. The lowest BCUT2D eigenvalue weighted by atomic mass is 10.2. The molecular weight excluding hydrogens is 298 g/mol. The summed E-state index contributed by atoms with van der Waals surface area (Å²) < 4.78 is 0. The molecule has 0 aromatic heterocycles. The molecule has 0 saturated heterocycles. The van der Waals surface area contributed by atoms with Crippen molar-refractivity contribution in [3.05, 3.63) is 71.4 Å². The van der Waals surface area contributed by atoms with Gasteiger partial charge in [0.2, 0.25) is 0 Å². The van der Waals surface area contributed by atoms with E-state index in [0.29, 0.717) is 12.2 Å². The Morgan fingerprint density at radius 1 is 1.17 bits per heavy atom. The van der Waals surface area contributed by atoms with Crippen LogP contribution < -0.4 is 10.2 Å². The largest absolute Gasteiger partial charge is 0.347 e. The first-order valence-electron chi connectivity index (χ1n) is 7.86. The highest BCUT2D eigenvalue weighted by molar-refractivity contribution is 6.06. The number of benzene rings is 2. The number of anilines is 2. The summed E-state index contributed by atoms with van der Waals surface area (Å²) in [7, 11) is 0. The van der Waals surface area contributed by atoms with Gasteiger partial charge in [-0.25, -0.2) is 0 Å². The lowest BCUT2D eigenvalue weighted by Crippen LogP contribution is -2.20. The average Bonchev–Trinajstić information content (AvgIpc) is 2.58. The third-order valence-corrected chi connectivity index (χ3v) is 3.63. The standard InChI is InChI=1S/C20H21N3O/c1-4-23(19-7-5-6-16(3)12-19)14-17(13-21)20(24)22-18-10-8-15(2)9-11-18/h5-12,14H,4H2,1-3H3,(H,22,24)/b17-14-. The highest BCUT2D eigenvalue weighted by Crippen LogP contribution is 2.17. The van der Waals surface area contributed by atoms with Crippen molar-refractivity contribution in [2.45, 2.75) is 20.8 Å². The maximum absolute atomic E-state index is 12.3. The Balaban J connectivity index is 2.21. The van der Waals surface area contributed by atoms with Crippen molar-refractivity contribution >= 4 is 17.3 Å².